The summed E-state index contributed by atoms with van der Waals surface area (Å²) in [7, 11) is 0. The molecule has 3 N–H and O–H groups in total. The number of nitrogens with zero attached hydrogens (tertiary/aromatic N) is 1. The summed E-state index contributed by atoms with van der Waals surface area (Å²) in [6, 6.07) is 11.7. The monoisotopic (exact) mass is 489 g/mol. The molecule has 1 unspecified atom stereocenters. The molecule has 0 aliphatic carbocycles. The third kappa shape index (κ3) is 7.92. The number of thiophene rings is 1. The van der Waals surface area contributed by atoms with Crippen LogP contribution in [-0.4, -0.2) is 30.3 Å². The molecule has 2 aromatic rings. The summed E-state index contributed by atoms with van der Waals surface area (Å²) in [4.78, 5) is 5.75. The third-order valence-corrected chi connectivity index (χ3v) is 4.26. The zero-order chi connectivity index (χ0) is 18.1. The van der Waals surface area contributed by atoms with Crippen LogP contribution in [0.2, 0.25) is 0 Å². The Bertz CT molecular complexity index is 663. The van der Waals surface area contributed by atoms with Gasteiger partial charge in [0, 0.05) is 18.0 Å². The van der Waals surface area contributed by atoms with Gasteiger partial charge in [-0.25, -0.2) is 4.99 Å². The topological polar surface area (TPSA) is 65.9 Å². The maximum absolute atomic E-state index is 10.4. The number of aliphatic imine (C=N–C) groups is 1. The van der Waals surface area contributed by atoms with Gasteiger partial charge in [0.15, 0.2) is 5.96 Å². The minimum Gasteiger partial charge on any atom is -0.491 e. The number of benzene rings is 1. The number of ether oxygens (including phenoxy) is 1. The van der Waals surface area contributed by atoms with Crippen LogP contribution in [0.4, 0.5) is 0 Å². The van der Waals surface area contributed by atoms with Crippen molar-refractivity contribution >= 4 is 41.3 Å². The van der Waals surface area contributed by atoms with Gasteiger partial charge in [-0.3, -0.25) is 0 Å². The van der Waals surface area contributed by atoms with Gasteiger partial charge in [-0.2, -0.15) is 0 Å². The lowest BCUT2D eigenvalue weighted by Gasteiger charge is -2.17. The number of hydrogen-bond acceptors (Lipinski definition) is 4. The van der Waals surface area contributed by atoms with Gasteiger partial charge < -0.3 is 20.5 Å². The van der Waals surface area contributed by atoms with Crippen molar-refractivity contribution in [3.63, 3.8) is 0 Å². The molecule has 1 atom stereocenters. The summed E-state index contributed by atoms with van der Waals surface area (Å²) in [5.74, 6) is 1.47. The highest BCUT2D eigenvalue weighted by atomic mass is 127. The zero-order valence-electron chi connectivity index (χ0n) is 15.4. The normalized spacial score (nSPS) is 12.4. The Kier molecular flexibility index (Phi) is 10.6. The van der Waals surface area contributed by atoms with Crippen molar-refractivity contribution in [2.45, 2.75) is 39.5 Å². The Hall–Kier alpha value is -1.32. The van der Waals surface area contributed by atoms with Crippen molar-refractivity contribution in [3.05, 3.63) is 52.2 Å². The van der Waals surface area contributed by atoms with Crippen molar-refractivity contribution in [1.82, 2.24) is 10.6 Å². The maximum atomic E-state index is 10.4. The molecule has 7 heteroatoms. The average molecular weight is 489 g/mol. The van der Waals surface area contributed by atoms with Gasteiger partial charge in [0.1, 0.15) is 5.75 Å². The molecule has 1 aromatic carbocycles. The number of hydrogen-bond donors (Lipinski definition) is 3. The third-order valence-electron chi connectivity index (χ3n) is 3.39. The van der Waals surface area contributed by atoms with Gasteiger partial charge in [0.05, 0.1) is 18.8 Å². The van der Waals surface area contributed by atoms with Crippen LogP contribution in [0, 0.1) is 0 Å². The van der Waals surface area contributed by atoms with E-state index in [1.54, 1.807) is 11.3 Å². The number of halogens is 1. The molecule has 0 saturated heterocycles. The molecular formula is C19H28IN3O2S. The summed E-state index contributed by atoms with van der Waals surface area (Å²) in [5.41, 5.74) is 0.819. The molecule has 0 radical (unpaired) electrons. The summed E-state index contributed by atoms with van der Waals surface area (Å²) < 4.78 is 5.68. The molecule has 0 amide bonds. The Morgan fingerprint density at radius 3 is 2.69 bits per heavy atom. The Labute approximate surface area is 176 Å². The fourth-order valence-corrected chi connectivity index (χ4v) is 2.91. The van der Waals surface area contributed by atoms with Crippen LogP contribution < -0.4 is 15.4 Å². The zero-order valence-corrected chi connectivity index (χ0v) is 18.6. The summed E-state index contributed by atoms with van der Waals surface area (Å²) >= 11 is 1.68. The highest BCUT2D eigenvalue weighted by Crippen LogP contribution is 2.20. The van der Waals surface area contributed by atoms with Crippen molar-refractivity contribution < 1.29 is 9.84 Å². The predicted octanol–water partition coefficient (Wildman–Crippen LogP) is 3.94. The van der Waals surface area contributed by atoms with E-state index in [0.29, 0.717) is 19.0 Å². The number of nitrogens with one attached hydrogen (secondary N) is 2. The number of aliphatic hydroxyl groups is 1. The Morgan fingerprint density at radius 1 is 1.23 bits per heavy atom. The molecule has 0 aliphatic rings. The first-order chi connectivity index (χ1) is 12.1. The lowest BCUT2D eigenvalue weighted by molar-refractivity contribution is 0.179. The van der Waals surface area contributed by atoms with E-state index in [2.05, 4.69) is 21.7 Å². The van der Waals surface area contributed by atoms with Crippen LogP contribution in [0.15, 0.2) is 46.8 Å². The second kappa shape index (κ2) is 12.1. The minimum atomic E-state index is -0.638. The smallest absolute Gasteiger partial charge is 0.191 e. The van der Waals surface area contributed by atoms with E-state index in [1.165, 1.54) is 4.88 Å². The van der Waals surface area contributed by atoms with Crippen molar-refractivity contribution in [3.8, 4) is 5.75 Å². The molecule has 26 heavy (non-hydrogen) atoms. The van der Waals surface area contributed by atoms with Crippen molar-refractivity contribution in [2.75, 3.05) is 13.1 Å². The molecule has 0 saturated carbocycles. The molecular weight excluding hydrogens is 461 g/mol. The average Bonchev–Trinajstić information content (AvgIpc) is 3.10. The molecule has 1 heterocycles. The van der Waals surface area contributed by atoms with Crippen molar-refractivity contribution in [2.24, 2.45) is 4.99 Å². The van der Waals surface area contributed by atoms with Gasteiger partial charge in [0.2, 0.25) is 0 Å². The van der Waals surface area contributed by atoms with E-state index >= 15 is 0 Å². The van der Waals surface area contributed by atoms with Crippen LogP contribution in [0.3, 0.4) is 0 Å². The van der Waals surface area contributed by atoms with Crippen LogP contribution in [0.1, 0.15) is 37.3 Å². The lowest BCUT2D eigenvalue weighted by Crippen LogP contribution is -2.39. The number of rotatable bonds is 8. The molecule has 2 rings (SSSR count). The first-order valence-corrected chi connectivity index (χ1v) is 9.45. The molecule has 0 bridgehead atoms. The SMILES string of the molecule is CCNC(=NCc1cccs1)NCC(O)c1cccc(OC(C)C)c1.I. The molecule has 1 aromatic heterocycles. The van der Waals surface area contributed by atoms with Crippen LogP contribution in [-0.2, 0) is 6.54 Å². The molecule has 0 spiro atoms. The first kappa shape index (κ1) is 22.7. The second-order valence-electron chi connectivity index (χ2n) is 5.91. The van der Waals surface area contributed by atoms with E-state index in [1.807, 2.05) is 56.5 Å². The van der Waals surface area contributed by atoms with Crippen LogP contribution in [0.5, 0.6) is 5.75 Å². The van der Waals surface area contributed by atoms with Crippen LogP contribution in [0.25, 0.3) is 0 Å². The van der Waals surface area contributed by atoms with Gasteiger partial charge in [-0.05, 0) is 49.9 Å². The van der Waals surface area contributed by atoms with E-state index < -0.39 is 6.10 Å². The van der Waals surface area contributed by atoms with Gasteiger partial charge in [0.25, 0.3) is 0 Å². The van der Waals surface area contributed by atoms with Crippen LogP contribution >= 0.6 is 35.3 Å². The maximum Gasteiger partial charge on any atom is 0.191 e. The van der Waals surface area contributed by atoms with Gasteiger partial charge in [-0.1, -0.05) is 18.2 Å². The highest BCUT2D eigenvalue weighted by Gasteiger charge is 2.10. The summed E-state index contributed by atoms with van der Waals surface area (Å²) in [6.07, 6.45) is -0.531. The number of aliphatic hydroxyl groups excluding tert-OH is 1. The second-order valence-corrected chi connectivity index (χ2v) is 6.94. The quantitative estimate of drug-likeness (QED) is 0.299. The van der Waals surface area contributed by atoms with E-state index in [0.717, 1.165) is 17.9 Å². The molecule has 5 nitrogen and oxygen atoms in total. The standard InChI is InChI=1S/C19H27N3O2S.HI/c1-4-20-19(21-12-17-9-6-10-25-17)22-13-18(23)15-7-5-8-16(11-15)24-14(2)3;/h5-11,14,18,23H,4,12-13H2,1-3H3,(H2,20,21,22);1H. The van der Waals surface area contributed by atoms with E-state index in [9.17, 15) is 5.11 Å². The number of guanidine groups is 1. The summed E-state index contributed by atoms with van der Waals surface area (Å²) in [5, 5.41) is 18.9. The van der Waals surface area contributed by atoms with Crippen molar-refractivity contribution in [1.29, 1.82) is 0 Å². The Balaban J connectivity index is 0.00000338. The lowest BCUT2D eigenvalue weighted by atomic mass is 10.1. The van der Waals surface area contributed by atoms with E-state index in [4.69, 9.17) is 4.74 Å². The van der Waals surface area contributed by atoms with Gasteiger partial charge in [-0.15, -0.1) is 35.3 Å². The predicted molar refractivity (Wildman–Crippen MR) is 120 cm³/mol. The molecule has 144 valence electrons. The van der Waals surface area contributed by atoms with E-state index in [-0.39, 0.29) is 30.1 Å². The fourth-order valence-electron chi connectivity index (χ4n) is 2.28. The Morgan fingerprint density at radius 2 is 2.04 bits per heavy atom. The van der Waals surface area contributed by atoms with Gasteiger partial charge >= 0.3 is 0 Å². The first-order valence-electron chi connectivity index (χ1n) is 8.57. The highest BCUT2D eigenvalue weighted by molar-refractivity contribution is 14.0. The molecule has 0 fully saturated rings. The molecule has 0 aliphatic heterocycles. The largest absolute Gasteiger partial charge is 0.491 e. The fraction of sp³-hybridized carbons (Fsp3) is 0.421. The summed E-state index contributed by atoms with van der Waals surface area (Å²) in [6.45, 7) is 7.76. The minimum absolute atomic E-state index is 0.